The van der Waals surface area contributed by atoms with Crippen LogP contribution in [0, 0.1) is 0 Å². The van der Waals surface area contributed by atoms with E-state index in [2.05, 4.69) is 93.7 Å². The lowest BCUT2D eigenvalue weighted by atomic mass is 10.1. The molecule has 62 heavy (non-hydrogen) atoms. The second-order valence-corrected chi connectivity index (χ2v) is 16.7. The van der Waals surface area contributed by atoms with Gasteiger partial charge in [0.25, 0.3) is 0 Å². The van der Waals surface area contributed by atoms with Gasteiger partial charge >= 0.3 is 17.9 Å². The number of carbonyl (C=O) groups excluding carboxylic acids is 3. The van der Waals surface area contributed by atoms with Crippen molar-refractivity contribution in [3.8, 4) is 0 Å². The largest absolute Gasteiger partial charge is 0.462 e. The van der Waals surface area contributed by atoms with Crippen LogP contribution in [0.1, 0.15) is 233 Å². The molecule has 0 fully saturated rings. The highest BCUT2D eigenvalue weighted by atomic mass is 16.6. The third-order valence-corrected chi connectivity index (χ3v) is 10.6. The van der Waals surface area contributed by atoms with E-state index in [1.54, 1.807) is 0 Å². The van der Waals surface area contributed by atoms with E-state index in [9.17, 15) is 14.4 Å². The Bertz CT molecular complexity index is 1220. The molecule has 0 aliphatic heterocycles. The molecule has 0 spiro atoms. The van der Waals surface area contributed by atoms with Crippen molar-refractivity contribution in [2.24, 2.45) is 0 Å². The molecule has 0 aromatic rings. The van der Waals surface area contributed by atoms with E-state index >= 15 is 0 Å². The summed E-state index contributed by atoms with van der Waals surface area (Å²) in [5, 5.41) is 0. The molecule has 1 atom stereocenters. The Morgan fingerprint density at radius 1 is 0.339 bits per heavy atom. The summed E-state index contributed by atoms with van der Waals surface area (Å²) < 4.78 is 16.6. The number of hydrogen-bond donors (Lipinski definition) is 0. The minimum absolute atomic E-state index is 0.117. The van der Waals surface area contributed by atoms with Crippen molar-refractivity contribution in [2.75, 3.05) is 13.2 Å². The van der Waals surface area contributed by atoms with Crippen molar-refractivity contribution < 1.29 is 28.6 Å². The Morgan fingerprint density at radius 3 is 1.13 bits per heavy atom. The lowest BCUT2D eigenvalue weighted by molar-refractivity contribution is -0.166. The van der Waals surface area contributed by atoms with Gasteiger partial charge in [0.2, 0.25) is 0 Å². The standard InChI is InChI=1S/C56H94O6/c1-4-7-10-13-16-19-21-23-25-27-28-29-31-32-34-37-40-43-46-49-55(58)61-52-53(51-60-54(57)48-45-42-39-36-18-15-12-9-6-3)62-56(59)50-47-44-41-38-35-33-30-26-24-22-20-17-14-11-8-5-2/h8,11,17,20,24,26-28,33,35-36,39,41,44,53H,4-7,9-10,12-16,18-19,21-23,25,29-32,34,37-38,40,42-43,45-52H2,1-3H3/b11-8-,20-17-,26-24-,28-27-,35-33-,39-36-,44-41-. The minimum Gasteiger partial charge on any atom is -0.462 e. The minimum atomic E-state index is -0.827. The molecule has 0 saturated carbocycles. The molecule has 6 heteroatoms. The number of esters is 3. The molecule has 6 nitrogen and oxygen atoms in total. The van der Waals surface area contributed by atoms with Gasteiger partial charge in [0.1, 0.15) is 13.2 Å². The molecule has 0 saturated heterocycles. The summed E-state index contributed by atoms with van der Waals surface area (Å²) in [6.45, 7) is 6.39. The van der Waals surface area contributed by atoms with Crippen LogP contribution in [-0.4, -0.2) is 37.2 Å². The van der Waals surface area contributed by atoms with Crippen molar-refractivity contribution >= 4 is 17.9 Å². The molecule has 0 rings (SSSR count). The summed E-state index contributed by atoms with van der Waals surface area (Å²) >= 11 is 0. The summed E-state index contributed by atoms with van der Waals surface area (Å²) in [5.74, 6) is -1.05. The number of allylic oxidation sites excluding steroid dienone is 14. The van der Waals surface area contributed by atoms with Crippen LogP contribution in [0.4, 0.5) is 0 Å². The highest BCUT2D eigenvalue weighted by molar-refractivity contribution is 5.71. The van der Waals surface area contributed by atoms with E-state index < -0.39 is 12.1 Å². The smallest absolute Gasteiger partial charge is 0.306 e. The van der Waals surface area contributed by atoms with E-state index in [1.165, 1.54) is 116 Å². The summed E-state index contributed by atoms with van der Waals surface area (Å²) in [5.41, 5.74) is 0. The van der Waals surface area contributed by atoms with Crippen LogP contribution in [-0.2, 0) is 28.6 Å². The summed E-state index contributed by atoms with van der Waals surface area (Å²) in [6.07, 6.45) is 64.5. The van der Waals surface area contributed by atoms with Crippen molar-refractivity contribution in [1.29, 1.82) is 0 Å². The lowest BCUT2D eigenvalue weighted by Gasteiger charge is -2.18. The Morgan fingerprint density at radius 2 is 0.677 bits per heavy atom. The normalized spacial score (nSPS) is 12.8. The van der Waals surface area contributed by atoms with E-state index in [0.717, 1.165) is 64.2 Å². The van der Waals surface area contributed by atoms with Gasteiger partial charge in [-0.3, -0.25) is 14.4 Å². The topological polar surface area (TPSA) is 78.9 Å². The Kier molecular flexibility index (Phi) is 47.5. The van der Waals surface area contributed by atoms with Crippen LogP contribution in [0.25, 0.3) is 0 Å². The van der Waals surface area contributed by atoms with Crippen LogP contribution < -0.4 is 0 Å². The Balaban J connectivity index is 4.43. The first kappa shape index (κ1) is 58.6. The molecule has 0 aromatic carbocycles. The van der Waals surface area contributed by atoms with Gasteiger partial charge in [0.15, 0.2) is 6.10 Å². The Labute approximate surface area is 382 Å². The van der Waals surface area contributed by atoms with Gasteiger partial charge in [-0.15, -0.1) is 0 Å². The van der Waals surface area contributed by atoms with Crippen molar-refractivity contribution in [2.45, 2.75) is 239 Å². The zero-order chi connectivity index (χ0) is 45.1. The van der Waals surface area contributed by atoms with Gasteiger partial charge in [-0.05, 0) is 96.3 Å². The van der Waals surface area contributed by atoms with Gasteiger partial charge in [-0.1, -0.05) is 202 Å². The molecule has 354 valence electrons. The van der Waals surface area contributed by atoms with Gasteiger partial charge in [-0.2, -0.15) is 0 Å². The SMILES string of the molecule is CC/C=C\C/C=C\C/C=C\C/C=C\C/C=C\CCC(=O)OC(COC(=O)CCC/C=C\CCCCCC)COC(=O)CCCCCCCCC/C=C\CCCCCCCCCC. The average Bonchev–Trinajstić information content (AvgIpc) is 3.27. The first-order chi connectivity index (χ1) is 30.5. The number of hydrogen-bond acceptors (Lipinski definition) is 6. The van der Waals surface area contributed by atoms with Crippen LogP contribution in [0.3, 0.4) is 0 Å². The molecular weight excluding hydrogens is 769 g/mol. The zero-order valence-electron chi connectivity index (χ0n) is 40.4. The van der Waals surface area contributed by atoms with E-state index in [-0.39, 0.29) is 31.6 Å². The van der Waals surface area contributed by atoms with Gasteiger partial charge < -0.3 is 14.2 Å². The highest BCUT2D eigenvalue weighted by Crippen LogP contribution is 2.13. The fourth-order valence-corrected chi connectivity index (χ4v) is 6.78. The monoisotopic (exact) mass is 863 g/mol. The third kappa shape index (κ3) is 47.6. The second-order valence-electron chi connectivity index (χ2n) is 16.7. The molecule has 0 amide bonds. The second kappa shape index (κ2) is 50.2. The molecule has 1 unspecified atom stereocenters. The molecule has 0 N–H and O–H groups in total. The van der Waals surface area contributed by atoms with Crippen LogP contribution in [0.2, 0.25) is 0 Å². The van der Waals surface area contributed by atoms with Gasteiger partial charge in [0.05, 0.1) is 0 Å². The van der Waals surface area contributed by atoms with Crippen LogP contribution in [0.15, 0.2) is 85.1 Å². The van der Waals surface area contributed by atoms with Gasteiger partial charge in [-0.25, -0.2) is 0 Å². The molecule has 0 radical (unpaired) electrons. The number of ether oxygens (including phenoxy) is 3. The van der Waals surface area contributed by atoms with E-state index in [1.807, 2.05) is 12.2 Å². The predicted molar refractivity (Wildman–Crippen MR) is 265 cm³/mol. The number of rotatable bonds is 45. The summed E-state index contributed by atoms with van der Waals surface area (Å²) in [4.78, 5) is 37.8. The molecule has 0 heterocycles. The highest BCUT2D eigenvalue weighted by Gasteiger charge is 2.19. The summed E-state index contributed by atoms with van der Waals surface area (Å²) in [7, 11) is 0. The number of unbranched alkanes of at least 4 members (excludes halogenated alkanes) is 20. The fourth-order valence-electron chi connectivity index (χ4n) is 6.78. The van der Waals surface area contributed by atoms with Crippen molar-refractivity contribution in [3.63, 3.8) is 0 Å². The maximum absolute atomic E-state index is 12.7. The molecular formula is C56H94O6. The van der Waals surface area contributed by atoms with E-state index in [4.69, 9.17) is 14.2 Å². The molecule has 0 aliphatic rings. The van der Waals surface area contributed by atoms with Crippen molar-refractivity contribution in [1.82, 2.24) is 0 Å². The molecule has 0 aromatic heterocycles. The first-order valence-corrected chi connectivity index (χ1v) is 25.6. The van der Waals surface area contributed by atoms with Crippen LogP contribution in [0.5, 0.6) is 0 Å². The van der Waals surface area contributed by atoms with Crippen LogP contribution >= 0.6 is 0 Å². The average molecular weight is 863 g/mol. The first-order valence-electron chi connectivity index (χ1n) is 25.6. The fraction of sp³-hybridized carbons (Fsp3) is 0.696. The zero-order valence-corrected chi connectivity index (χ0v) is 40.4. The number of carbonyl (C=O) groups is 3. The van der Waals surface area contributed by atoms with Crippen molar-refractivity contribution in [3.05, 3.63) is 85.1 Å². The molecule has 0 bridgehead atoms. The van der Waals surface area contributed by atoms with E-state index in [0.29, 0.717) is 25.7 Å². The van der Waals surface area contributed by atoms with Gasteiger partial charge in [0, 0.05) is 19.3 Å². The summed E-state index contributed by atoms with van der Waals surface area (Å²) in [6, 6.07) is 0. The third-order valence-electron chi connectivity index (χ3n) is 10.6. The Hall–Kier alpha value is -3.41. The maximum Gasteiger partial charge on any atom is 0.306 e. The maximum atomic E-state index is 12.7. The molecule has 0 aliphatic carbocycles. The lowest BCUT2D eigenvalue weighted by Crippen LogP contribution is -2.30. The predicted octanol–water partition coefficient (Wildman–Crippen LogP) is 16.8. The quantitative estimate of drug-likeness (QED) is 0.0263.